The Morgan fingerprint density at radius 1 is 1.16 bits per heavy atom. The molecule has 7 nitrogen and oxygen atoms in total. The van der Waals surface area contributed by atoms with Gasteiger partial charge in [-0.3, -0.25) is 14.7 Å². The molecule has 1 fully saturated rings. The smallest absolute Gasteiger partial charge is 0.417 e. The summed E-state index contributed by atoms with van der Waals surface area (Å²) < 4.78 is 44.9. The van der Waals surface area contributed by atoms with Crippen LogP contribution in [0.4, 0.5) is 13.2 Å². The van der Waals surface area contributed by atoms with Gasteiger partial charge in [0.15, 0.2) is 0 Å². The van der Waals surface area contributed by atoms with Crippen LogP contribution in [0, 0.1) is 0 Å². The summed E-state index contributed by atoms with van der Waals surface area (Å²) in [6.07, 6.45) is -1.97. The molecule has 32 heavy (non-hydrogen) atoms. The molecular weight excluding hydrogens is 425 g/mol. The van der Waals surface area contributed by atoms with Crippen molar-refractivity contribution >= 4 is 11.8 Å². The molecule has 168 valence electrons. The molecule has 1 aromatic carbocycles. The van der Waals surface area contributed by atoms with E-state index in [1.165, 1.54) is 29.4 Å². The number of halogens is 3. The van der Waals surface area contributed by atoms with Crippen LogP contribution in [0.1, 0.15) is 56.6 Å². The van der Waals surface area contributed by atoms with Crippen LogP contribution in [0.3, 0.4) is 0 Å². The maximum Gasteiger partial charge on any atom is 0.417 e. The Kier molecular flexibility index (Phi) is 6.02. The van der Waals surface area contributed by atoms with Crippen LogP contribution in [-0.4, -0.2) is 40.0 Å². The number of piperidine rings is 1. The number of furan rings is 1. The summed E-state index contributed by atoms with van der Waals surface area (Å²) >= 11 is 0. The predicted molar refractivity (Wildman–Crippen MR) is 108 cm³/mol. The van der Waals surface area contributed by atoms with Gasteiger partial charge in [0, 0.05) is 24.7 Å². The van der Waals surface area contributed by atoms with Gasteiger partial charge in [-0.1, -0.05) is 12.1 Å². The van der Waals surface area contributed by atoms with E-state index < -0.39 is 17.6 Å². The third-order valence-corrected chi connectivity index (χ3v) is 5.52. The largest absolute Gasteiger partial charge is 0.467 e. The van der Waals surface area contributed by atoms with Gasteiger partial charge < -0.3 is 14.6 Å². The zero-order valence-corrected chi connectivity index (χ0v) is 17.0. The van der Waals surface area contributed by atoms with Gasteiger partial charge in [0.2, 0.25) is 0 Å². The average molecular weight is 446 g/mol. The van der Waals surface area contributed by atoms with Crippen LogP contribution < -0.4 is 5.32 Å². The minimum absolute atomic E-state index is 0.0241. The van der Waals surface area contributed by atoms with Crippen molar-refractivity contribution in [3.8, 4) is 0 Å². The van der Waals surface area contributed by atoms with Crippen LogP contribution in [0.15, 0.2) is 53.1 Å². The molecule has 3 aromatic rings. The van der Waals surface area contributed by atoms with Gasteiger partial charge in [-0.2, -0.15) is 18.3 Å². The predicted octanol–water partition coefficient (Wildman–Crippen LogP) is 3.97. The summed E-state index contributed by atoms with van der Waals surface area (Å²) in [6, 6.07) is 9.97. The van der Waals surface area contributed by atoms with Crippen molar-refractivity contribution in [1.82, 2.24) is 20.4 Å². The molecule has 2 N–H and O–H groups in total. The van der Waals surface area contributed by atoms with E-state index in [1.807, 2.05) is 0 Å². The lowest BCUT2D eigenvalue weighted by molar-refractivity contribution is -0.138. The zero-order chi connectivity index (χ0) is 22.7. The minimum atomic E-state index is -4.59. The SMILES string of the molecule is O=C(NCc1ccco1)c1cc(C2CCN(C(=O)c3ccccc3C(F)(F)F)CC2)[nH]n1. The summed E-state index contributed by atoms with van der Waals surface area (Å²) in [6.45, 7) is 0.872. The first-order chi connectivity index (χ1) is 15.3. The molecule has 1 aliphatic rings. The molecule has 3 heterocycles. The number of nitrogens with zero attached hydrogens (tertiary/aromatic N) is 2. The Labute approximate surface area is 181 Å². The molecule has 10 heteroatoms. The molecule has 2 amide bonds. The molecule has 2 aromatic heterocycles. The second-order valence-electron chi connectivity index (χ2n) is 7.58. The van der Waals surface area contributed by atoms with Gasteiger partial charge >= 0.3 is 6.18 Å². The highest BCUT2D eigenvalue weighted by Gasteiger charge is 2.36. The summed E-state index contributed by atoms with van der Waals surface area (Å²) in [4.78, 5) is 26.4. The molecular formula is C22H21F3N4O3. The topological polar surface area (TPSA) is 91.2 Å². The van der Waals surface area contributed by atoms with E-state index in [4.69, 9.17) is 4.42 Å². The highest BCUT2D eigenvalue weighted by atomic mass is 19.4. The number of aromatic nitrogens is 2. The fourth-order valence-electron chi connectivity index (χ4n) is 3.81. The van der Waals surface area contributed by atoms with E-state index in [1.54, 1.807) is 18.2 Å². The van der Waals surface area contributed by atoms with Crippen LogP contribution in [-0.2, 0) is 12.7 Å². The van der Waals surface area contributed by atoms with Crippen molar-refractivity contribution in [2.24, 2.45) is 0 Å². The molecule has 0 radical (unpaired) electrons. The summed E-state index contributed by atoms with van der Waals surface area (Å²) in [5.74, 6) is -0.325. The van der Waals surface area contributed by atoms with Gasteiger partial charge in [0.05, 0.1) is 23.9 Å². The highest BCUT2D eigenvalue weighted by molar-refractivity contribution is 5.96. The Balaban J connectivity index is 1.35. The summed E-state index contributed by atoms with van der Waals surface area (Å²) in [5.41, 5.74) is -0.262. The van der Waals surface area contributed by atoms with Gasteiger partial charge in [-0.25, -0.2) is 0 Å². The fraction of sp³-hybridized carbons (Fsp3) is 0.318. The third kappa shape index (κ3) is 4.68. The number of alkyl halides is 3. The number of hydrogen-bond acceptors (Lipinski definition) is 4. The van der Waals surface area contributed by atoms with Crippen LogP contribution in [0.5, 0.6) is 0 Å². The van der Waals surface area contributed by atoms with E-state index in [-0.39, 0.29) is 29.6 Å². The van der Waals surface area contributed by atoms with Crippen molar-refractivity contribution in [2.45, 2.75) is 31.5 Å². The van der Waals surface area contributed by atoms with Crippen LogP contribution in [0.25, 0.3) is 0 Å². The molecule has 0 saturated carbocycles. The monoisotopic (exact) mass is 446 g/mol. The number of carbonyl (C=O) groups is 2. The number of benzene rings is 1. The number of carbonyl (C=O) groups excluding carboxylic acids is 2. The molecule has 4 rings (SSSR count). The van der Waals surface area contributed by atoms with Gasteiger partial charge in [-0.15, -0.1) is 0 Å². The lowest BCUT2D eigenvalue weighted by Gasteiger charge is -2.32. The van der Waals surface area contributed by atoms with Gasteiger partial charge in [0.1, 0.15) is 11.5 Å². The fourth-order valence-corrected chi connectivity index (χ4v) is 3.81. The van der Waals surface area contributed by atoms with Crippen molar-refractivity contribution in [1.29, 1.82) is 0 Å². The van der Waals surface area contributed by atoms with Gasteiger partial charge in [-0.05, 0) is 43.2 Å². The molecule has 0 atom stereocenters. The molecule has 0 aliphatic carbocycles. The van der Waals surface area contributed by atoms with E-state index in [9.17, 15) is 22.8 Å². The van der Waals surface area contributed by atoms with Crippen molar-refractivity contribution in [2.75, 3.05) is 13.1 Å². The Morgan fingerprint density at radius 3 is 2.59 bits per heavy atom. The maximum absolute atomic E-state index is 13.2. The Hall–Kier alpha value is -3.56. The lowest BCUT2D eigenvalue weighted by Crippen LogP contribution is -2.38. The quantitative estimate of drug-likeness (QED) is 0.621. The number of amides is 2. The molecule has 0 spiro atoms. The summed E-state index contributed by atoms with van der Waals surface area (Å²) in [5, 5.41) is 9.64. The Bertz CT molecular complexity index is 1080. The zero-order valence-electron chi connectivity index (χ0n) is 17.0. The number of aromatic amines is 1. The second kappa shape index (κ2) is 8.89. The minimum Gasteiger partial charge on any atom is -0.467 e. The van der Waals surface area contributed by atoms with Crippen molar-refractivity contribution in [3.05, 3.63) is 77.0 Å². The highest BCUT2D eigenvalue weighted by Crippen LogP contribution is 2.34. The number of rotatable bonds is 5. The van der Waals surface area contributed by atoms with E-state index in [2.05, 4.69) is 15.5 Å². The van der Waals surface area contributed by atoms with E-state index >= 15 is 0 Å². The lowest BCUT2D eigenvalue weighted by atomic mass is 9.92. The first-order valence-electron chi connectivity index (χ1n) is 10.1. The third-order valence-electron chi connectivity index (χ3n) is 5.52. The van der Waals surface area contributed by atoms with Crippen molar-refractivity contribution < 1.29 is 27.2 Å². The number of H-pyrrole nitrogens is 1. The average Bonchev–Trinajstić information content (AvgIpc) is 3.49. The van der Waals surface area contributed by atoms with Gasteiger partial charge in [0.25, 0.3) is 11.8 Å². The van der Waals surface area contributed by atoms with E-state index in [0.29, 0.717) is 31.7 Å². The van der Waals surface area contributed by atoms with Crippen molar-refractivity contribution in [3.63, 3.8) is 0 Å². The first kappa shape index (κ1) is 21.7. The van der Waals surface area contributed by atoms with Crippen LogP contribution >= 0.6 is 0 Å². The number of hydrogen-bond donors (Lipinski definition) is 2. The second-order valence-corrected chi connectivity index (χ2v) is 7.58. The standard InChI is InChI=1S/C22H21F3N4O3/c23-22(24,25)17-6-2-1-5-16(17)21(31)29-9-7-14(8-10-29)18-12-19(28-27-18)20(30)26-13-15-4-3-11-32-15/h1-6,11-12,14H,7-10,13H2,(H,26,30)(H,27,28). The maximum atomic E-state index is 13.2. The molecule has 1 saturated heterocycles. The molecule has 1 aliphatic heterocycles. The normalized spacial score (nSPS) is 15.0. The Morgan fingerprint density at radius 2 is 1.91 bits per heavy atom. The molecule has 0 bridgehead atoms. The summed E-state index contributed by atoms with van der Waals surface area (Å²) in [7, 11) is 0. The molecule has 0 unspecified atom stereocenters. The number of nitrogens with one attached hydrogen (secondary N) is 2. The first-order valence-corrected chi connectivity index (χ1v) is 10.1. The van der Waals surface area contributed by atoms with Crippen LogP contribution in [0.2, 0.25) is 0 Å². The number of likely N-dealkylation sites (tertiary alicyclic amines) is 1. The van der Waals surface area contributed by atoms with E-state index in [0.717, 1.165) is 11.8 Å².